The Bertz CT molecular complexity index is 931. The summed E-state index contributed by atoms with van der Waals surface area (Å²) in [6, 6.07) is 17.9. The Morgan fingerprint density at radius 1 is 1.04 bits per heavy atom. The standard InChI is InChI=1S/C20H16BN2O2/c1-3-16-4-2-12-22-19(16)18(5-1)25-21-11-10-15-6-8-17(9-7-15)20-23-13-14-24-20/h1-12H,13-14H2. The molecule has 0 N–H and O–H groups in total. The maximum atomic E-state index is 5.73. The summed E-state index contributed by atoms with van der Waals surface area (Å²) >= 11 is 0. The predicted octanol–water partition coefficient (Wildman–Crippen LogP) is 3.68. The summed E-state index contributed by atoms with van der Waals surface area (Å²) in [4.78, 5) is 8.69. The van der Waals surface area contributed by atoms with Gasteiger partial charge in [-0.05, 0) is 29.8 Å². The van der Waals surface area contributed by atoms with Gasteiger partial charge in [0, 0.05) is 17.1 Å². The minimum absolute atomic E-state index is 0.673. The van der Waals surface area contributed by atoms with Crippen LogP contribution in [0.3, 0.4) is 0 Å². The van der Waals surface area contributed by atoms with Crippen LogP contribution in [0, 0.1) is 0 Å². The molecule has 0 atom stereocenters. The fraction of sp³-hybridized carbons (Fsp3) is 0.100. The number of rotatable bonds is 5. The van der Waals surface area contributed by atoms with Gasteiger partial charge in [-0.15, -0.1) is 0 Å². The molecule has 2 heterocycles. The summed E-state index contributed by atoms with van der Waals surface area (Å²) in [7, 11) is 1.67. The molecule has 0 saturated carbocycles. The van der Waals surface area contributed by atoms with Crippen molar-refractivity contribution < 1.29 is 9.39 Å². The van der Waals surface area contributed by atoms with Gasteiger partial charge in [-0.25, -0.2) is 4.99 Å². The van der Waals surface area contributed by atoms with Crippen molar-refractivity contribution in [2.45, 2.75) is 0 Å². The first kappa shape index (κ1) is 15.5. The number of aliphatic imine (C=N–C) groups is 1. The zero-order chi connectivity index (χ0) is 16.9. The van der Waals surface area contributed by atoms with Crippen LogP contribution in [0.4, 0.5) is 0 Å². The lowest BCUT2D eigenvalue weighted by molar-refractivity contribution is 0.348. The van der Waals surface area contributed by atoms with Gasteiger partial charge in [-0.1, -0.05) is 42.4 Å². The van der Waals surface area contributed by atoms with E-state index >= 15 is 0 Å². The molecule has 0 bridgehead atoms. The highest BCUT2D eigenvalue weighted by atomic mass is 16.5. The van der Waals surface area contributed by atoms with Gasteiger partial charge in [-0.3, -0.25) is 4.98 Å². The van der Waals surface area contributed by atoms with Crippen molar-refractivity contribution in [3.05, 3.63) is 77.9 Å². The van der Waals surface area contributed by atoms with Gasteiger partial charge in [-0.2, -0.15) is 0 Å². The van der Waals surface area contributed by atoms with Crippen LogP contribution in [-0.4, -0.2) is 31.5 Å². The quantitative estimate of drug-likeness (QED) is 0.672. The van der Waals surface area contributed by atoms with Crippen LogP contribution in [0.1, 0.15) is 11.1 Å². The second-order valence-electron chi connectivity index (χ2n) is 5.60. The molecule has 4 nitrogen and oxygen atoms in total. The molecule has 4 rings (SSSR count). The molecule has 0 saturated heterocycles. The van der Waals surface area contributed by atoms with E-state index in [4.69, 9.17) is 9.39 Å². The van der Waals surface area contributed by atoms with E-state index in [2.05, 4.69) is 9.98 Å². The number of hydrogen-bond donors (Lipinski definition) is 0. The second kappa shape index (κ2) is 7.22. The smallest absolute Gasteiger partial charge is 0.401 e. The van der Waals surface area contributed by atoms with E-state index < -0.39 is 0 Å². The van der Waals surface area contributed by atoms with E-state index in [0.29, 0.717) is 6.61 Å². The van der Waals surface area contributed by atoms with E-state index in [1.807, 2.05) is 66.6 Å². The van der Waals surface area contributed by atoms with Crippen LogP contribution in [0.25, 0.3) is 17.0 Å². The van der Waals surface area contributed by atoms with Crippen LogP contribution < -0.4 is 4.65 Å². The zero-order valence-electron chi connectivity index (χ0n) is 13.6. The minimum atomic E-state index is 0.673. The van der Waals surface area contributed by atoms with Gasteiger partial charge < -0.3 is 9.39 Å². The highest BCUT2D eigenvalue weighted by molar-refractivity contribution is 6.37. The monoisotopic (exact) mass is 327 g/mol. The van der Waals surface area contributed by atoms with Crippen LogP contribution in [-0.2, 0) is 4.74 Å². The predicted molar refractivity (Wildman–Crippen MR) is 101 cm³/mol. The summed E-state index contributed by atoms with van der Waals surface area (Å²) in [5.41, 5.74) is 2.95. The molecule has 0 unspecified atom stereocenters. The van der Waals surface area contributed by atoms with Gasteiger partial charge in [0.1, 0.15) is 17.9 Å². The molecular weight excluding hydrogens is 311 g/mol. The van der Waals surface area contributed by atoms with Crippen molar-refractivity contribution in [3.63, 3.8) is 0 Å². The second-order valence-corrected chi connectivity index (χ2v) is 5.60. The van der Waals surface area contributed by atoms with Crippen LogP contribution in [0.2, 0.25) is 0 Å². The Balaban J connectivity index is 1.39. The number of ether oxygens (including phenoxy) is 1. The molecule has 0 amide bonds. The first-order chi connectivity index (χ1) is 12.4. The number of pyridine rings is 1. The van der Waals surface area contributed by atoms with Crippen molar-refractivity contribution in [1.82, 2.24) is 4.98 Å². The van der Waals surface area contributed by atoms with Gasteiger partial charge in [0.15, 0.2) is 0 Å². The molecule has 1 radical (unpaired) electrons. The van der Waals surface area contributed by atoms with Crippen molar-refractivity contribution in [2.24, 2.45) is 4.99 Å². The summed E-state index contributed by atoms with van der Waals surface area (Å²) in [5, 5.41) is 1.06. The zero-order valence-corrected chi connectivity index (χ0v) is 13.6. The Morgan fingerprint density at radius 3 is 2.76 bits per heavy atom. The van der Waals surface area contributed by atoms with Crippen LogP contribution in [0.5, 0.6) is 5.75 Å². The third-order valence-corrected chi connectivity index (χ3v) is 3.90. The summed E-state index contributed by atoms with van der Waals surface area (Å²) in [6.45, 7) is 1.42. The molecule has 0 fully saturated rings. The Kier molecular flexibility index (Phi) is 4.46. The molecule has 2 aromatic carbocycles. The van der Waals surface area contributed by atoms with Crippen LogP contribution in [0.15, 0.2) is 71.8 Å². The van der Waals surface area contributed by atoms with Crippen molar-refractivity contribution in [2.75, 3.05) is 13.2 Å². The number of hydrogen-bond acceptors (Lipinski definition) is 4. The van der Waals surface area contributed by atoms with Crippen molar-refractivity contribution >= 4 is 30.4 Å². The minimum Gasteiger partial charge on any atom is -0.557 e. The first-order valence-electron chi connectivity index (χ1n) is 8.18. The number of fused-ring (bicyclic) bond motifs is 1. The molecular formula is C20H16BN2O2. The summed E-state index contributed by atoms with van der Waals surface area (Å²) in [6.07, 6.45) is 3.75. The molecule has 1 aliphatic rings. The van der Waals surface area contributed by atoms with Crippen molar-refractivity contribution in [1.29, 1.82) is 0 Å². The van der Waals surface area contributed by atoms with Gasteiger partial charge in [0.2, 0.25) is 5.90 Å². The van der Waals surface area contributed by atoms with Gasteiger partial charge >= 0.3 is 7.48 Å². The largest absolute Gasteiger partial charge is 0.557 e. The van der Waals surface area contributed by atoms with Crippen LogP contribution >= 0.6 is 0 Å². The lowest BCUT2D eigenvalue weighted by Gasteiger charge is -2.06. The van der Waals surface area contributed by atoms with Crippen molar-refractivity contribution in [3.8, 4) is 5.75 Å². The van der Waals surface area contributed by atoms with E-state index in [-0.39, 0.29) is 0 Å². The summed E-state index contributed by atoms with van der Waals surface area (Å²) < 4.78 is 11.2. The van der Waals surface area contributed by atoms with E-state index in [1.165, 1.54) is 0 Å². The maximum Gasteiger partial charge on any atom is 0.401 e. The molecule has 1 aliphatic heterocycles. The number of aromatic nitrogens is 1. The average Bonchev–Trinajstić information content (AvgIpc) is 3.21. The topological polar surface area (TPSA) is 43.7 Å². The molecule has 1 aromatic heterocycles. The highest BCUT2D eigenvalue weighted by Gasteiger charge is 2.09. The maximum absolute atomic E-state index is 5.73. The number of nitrogens with zero attached hydrogens (tertiary/aromatic N) is 2. The third-order valence-electron chi connectivity index (χ3n) is 3.90. The van der Waals surface area contributed by atoms with E-state index in [0.717, 1.165) is 40.2 Å². The molecule has 5 heteroatoms. The SMILES string of the molecule is [B](C=Cc1ccc(C2=NCCO2)cc1)Oc1cccc2cccnc12. The number of para-hydroxylation sites is 1. The van der Waals surface area contributed by atoms with E-state index in [9.17, 15) is 0 Å². The fourth-order valence-electron chi connectivity index (χ4n) is 2.68. The molecule has 0 aliphatic carbocycles. The van der Waals surface area contributed by atoms with E-state index in [1.54, 1.807) is 13.7 Å². The lowest BCUT2D eigenvalue weighted by atomic mass is 9.98. The molecule has 3 aromatic rings. The Hall–Kier alpha value is -3.08. The van der Waals surface area contributed by atoms with Gasteiger partial charge in [0.05, 0.1) is 6.54 Å². The average molecular weight is 327 g/mol. The highest BCUT2D eigenvalue weighted by Crippen LogP contribution is 2.22. The summed E-state index contributed by atoms with van der Waals surface area (Å²) in [5.74, 6) is 3.35. The normalized spacial score (nSPS) is 13.7. The first-order valence-corrected chi connectivity index (χ1v) is 8.18. The number of benzene rings is 2. The Labute approximate surface area is 147 Å². The molecule has 121 valence electrons. The molecule has 25 heavy (non-hydrogen) atoms. The third kappa shape index (κ3) is 3.55. The Morgan fingerprint density at radius 2 is 1.92 bits per heavy atom. The van der Waals surface area contributed by atoms with Gasteiger partial charge in [0.25, 0.3) is 0 Å². The lowest BCUT2D eigenvalue weighted by Crippen LogP contribution is -2.00. The fourth-order valence-corrected chi connectivity index (χ4v) is 2.68. The molecule has 0 spiro atoms.